The first-order valence-electron chi connectivity index (χ1n) is 6.71. The van der Waals surface area contributed by atoms with Crippen LogP contribution in [0.2, 0.25) is 0 Å². The van der Waals surface area contributed by atoms with Crippen LogP contribution in [-0.2, 0) is 9.59 Å². The molecule has 0 spiro atoms. The second kappa shape index (κ2) is 6.18. The first-order valence-corrected chi connectivity index (χ1v) is 6.71. The van der Waals surface area contributed by atoms with E-state index in [-0.39, 0.29) is 17.4 Å². The number of nitrogens with two attached hydrogens (primary N) is 1. The Morgan fingerprint density at radius 3 is 2.44 bits per heavy atom. The standard InChI is InChI=1S/C13H25N3O2/c1-4-16(3)12(18)10(2)15-11(17)9-13(14)7-5-6-8-13/h10H,4-9,14H2,1-3H3,(H,15,17). The topological polar surface area (TPSA) is 75.4 Å². The number of nitrogens with zero attached hydrogens (tertiary/aromatic N) is 1. The molecule has 1 aliphatic rings. The molecule has 5 heteroatoms. The molecule has 1 aliphatic carbocycles. The van der Waals surface area contributed by atoms with Gasteiger partial charge in [-0.05, 0) is 26.7 Å². The van der Waals surface area contributed by atoms with Crippen molar-refractivity contribution in [3.63, 3.8) is 0 Å². The minimum atomic E-state index is -0.479. The Morgan fingerprint density at radius 1 is 1.39 bits per heavy atom. The zero-order valence-corrected chi connectivity index (χ0v) is 11.7. The van der Waals surface area contributed by atoms with Gasteiger partial charge in [0.25, 0.3) is 0 Å². The van der Waals surface area contributed by atoms with Crippen LogP contribution < -0.4 is 11.1 Å². The van der Waals surface area contributed by atoms with E-state index in [1.807, 2.05) is 6.92 Å². The lowest BCUT2D eigenvalue weighted by Crippen LogP contribution is -2.49. The van der Waals surface area contributed by atoms with E-state index in [0.717, 1.165) is 25.7 Å². The molecule has 1 unspecified atom stereocenters. The first kappa shape index (κ1) is 15.0. The van der Waals surface area contributed by atoms with Gasteiger partial charge in [0.1, 0.15) is 6.04 Å². The Morgan fingerprint density at radius 2 is 1.94 bits per heavy atom. The Hall–Kier alpha value is -1.10. The average Bonchev–Trinajstić information content (AvgIpc) is 2.73. The Kier molecular flexibility index (Phi) is 5.14. The predicted octanol–water partition coefficient (Wildman–Crippen LogP) is 0.631. The normalized spacial score (nSPS) is 19.3. The third-order valence-corrected chi connectivity index (χ3v) is 3.71. The molecule has 2 amide bonds. The van der Waals surface area contributed by atoms with Crippen molar-refractivity contribution in [1.82, 2.24) is 10.2 Å². The van der Waals surface area contributed by atoms with Gasteiger partial charge in [0, 0.05) is 25.6 Å². The fraction of sp³-hybridized carbons (Fsp3) is 0.846. The molecule has 104 valence electrons. The summed E-state index contributed by atoms with van der Waals surface area (Å²) in [4.78, 5) is 25.3. The lowest BCUT2D eigenvalue weighted by Gasteiger charge is -2.25. The molecule has 0 bridgehead atoms. The molecule has 1 rings (SSSR count). The van der Waals surface area contributed by atoms with Crippen LogP contribution in [0.3, 0.4) is 0 Å². The van der Waals surface area contributed by atoms with Crippen molar-refractivity contribution in [3.8, 4) is 0 Å². The van der Waals surface area contributed by atoms with Crippen molar-refractivity contribution < 1.29 is 9.59 Å². The lowest BCUT2D eigenvalue weighted by atomic mass is 9.94. The van der Waals surface area contributed by atoms with E-state index in [2.05, 4.69) is 5.32 Å². The number of nitrogens with one attached hydrogen (secondary N) is 1. The van der Waals surface area contributed by atoms with E-state index in [1.54, 1.807) is 18.9 Å². The molecule has 18 heavy (non-hydrogen) atoms. The van der Waals surface area contributed by atoms with Gasteiger partial charge < -0.3 is 16.0 Å². The van der Waals surface area contributed by atoms with E-state index in [9.17, 15) is 9.59 Å². The molecule has 1 fully saturated rings. The second-order valence-electron chi connectivity index (χ2n) is 5.39. The summed E-state index contributed by atoms with van der Waals surface area (Å²) in [7, 11) is 1.73. The van der Waals surface area contributed by atoms with Crippen LogP contribution in [0.1, 0.15) is 46.0 Å². The molecule has 0 radical (unpaired) electrons. The summed E-state index contributed by atoms with van der Waals surface area (Å²) < 4.78 is 0. The minimum Gasteiger partial charge on any atom is -0.345 e. The van der Waals surface area contributed by atoms with Gasteiger partial charge >= 0.3 is 0 Å². The van der Waals surface area contributed by atoms with E-state index in [1.165, 1.54) is 0 Å². The molecule has 0 saturated heterocycles. The first-order chi connectivity index (χ1) is 8.38. The molecular formula is C13H25N3O2. The van der Waals surface area contributed by atoms with Gasteiger partial charge in [-0.15, -0.1) is 0 Å². The third kappa shape index (κ3) is 3.98. The number of rotatable bonds is 5. The monoisotopic (exact) mass is 255 g/mol. The van der Waals surface area contributed by atoms with Crippen LogP contribution in [0.5, 0.6) is 0 Å². The molecule has 0 aromatic carbocycles. The van der Waals surface area contributed by atoms with Gasteiger partial charge in [-0.3, -0.25) is 9.59 Å². The summed E-state index contributed by atoms with van der Waals surface area (Å²) in [6, 6.07) is -0.479. The van der Waals surface area contributed by atoms with Crippen LogP contribution in [0, 0.1) is 0 Å². The number of carbonyl (C=O) groups excluding carboxylic acids is 2. The predicted molar refractivity (Wildman–Crippen MR) is 70.9 cm³/mol. The maximum Gasteiger partial charge on any atom is 0.244 e. The van der Waals surface area contributed by atoms with Crippen LogP contribution in [-0.4, -0.2) is 41.9 Å². The van der Waals surface area contributed by atoms with E-state index < -0.39 is 6.04 Å². The quantitative estimate of drug-likeness (QED) is 0.756. The molecular weight excluding hydrogens is 230 g/mol. The maximum absolute atomic E-state index is 11.9. The Labute approximate surface area is 109 Å². The van der Waals surface area contributed by atoms with Crippen LogP contribution in [0.25, 0.3) is 0 Å². The fourth-order valence-corrected chi connectivity index (χ4v) is 2.42. The molecule has 3 N–H and O–H groups in total. The van der Waals surface area contributed by atoms with Gasteiger partial charge in [0.15, 0.2) is 0 Å². The molecule has 5 nitrogen and oxygen atoms in total. The summed E-state index contributed by atoms with van der Waals surface area (Å²) in [6.45, 7) is 4.25. The van der Waals surface area contributed by atoms with Gasteiger partial charge in [0.05, 0.1) is 0 Å². The molecule has 0 aromatic heterocycles. The summed E-state index contributed by atoms with van der Waals surface area (Å²) >= 11 is 0. The number of amides is 2. The number of carbonyl (C=O) groups is 2. The molecule has 0 aliphatic heterocycles. The highest BCUT2D eigenvalue weighted by atomic mass is 16.2. The maximum atomic E-state index is 11.9. The third-order valence-electron chi connectivity index (χ3n) is 3.71. The molecule has 0 aromatic rings. The van der Waals surface area contributed by atoms with Crippen molar-refractivity contribution in [2.45, 2.75) is 57.5 Å². The summed E-state index contributed by atoms with van der Waals surface area (Å²) in [5.74, 6) is -0.187. The minimum absolute atomic E-state index is 0.0663. The van der Waals surface area contributed by atoms with E-state index >= 15 is 0 Å². The number of hydrogen-bond acceptors (Lipinski definition) is 3. The van der Waals surface area contributed by atoms with Gasteiger partial charge in [-0.1, -0.05) is 12.8 Å². The van der Waals surface area contributed by atoms with Gasteiger partial charge in [-0.2, -0.15) is 0 Å². The van der Waals surface area contributed by atoms with Gasteiger partial charge in [0.2, 0.25) is 11.8 Å². The summed E-state index contributed by atoms with van der Waals surface area (Å²) in [6.07, 6.45) is 4.31. The zero-order chi connectivity index (χ0) is 13.8. The molecule has 1 atom stereocenters. The Balaban J connectivity index is 2.42. The Bertz CT molecular complexity index is 311. The fourth-order valence-electron chi connectivity index (χ4n) is 2.42. The van der Waals surface area contributed by atoms with Crippen LogP contribution in [0.15, 0.2) is 0 Å². The summed E-state index contributed by atoms with van der Waals surface area (Å²) in [5.41, 5.74) is 5.78. The highest BCUT2D eigenvalue weighted by molar-refractivity contribution is 5.87. The van der Waals surface area contributed by atoms with Gasteiger partial charge in [-0.25, -0.2) is 0 Å². The largest absolute Gasteiger partial charge is 0.345 e. The highest BCUT2D eigenvalue weighted by Gasteiger charge is 2.32. The smallest absolute Gasteiger partial charge is 0.244 e. The van der Waals surface area contributed by atoms with Crippen molar-refractivity contribution >= 4 is 11.8 Å². The van der Waals surface area contributed by atoms with E-state index in [4.69, 9.17) is 5.73 Å². The molecule has 1 saturated carbocycles. The van der Waals surface area contributed by atoms with Crippen molar-refractivity contribution in [2.24, 2.45) is 5.73 Å². The second-order valence-corrected chi connectivity index (χ2v) is 5.39. The van der Waals surface area contributed by atoms with Crippen molar-refractivity contribution in [2.75, 3.05) is 13.6 Å². The van der Waals surface area contributed by atoms with Crippen LogP contribution >= 0.6 is 0 Å². The van der Waals surface area contributed by atoms with Crippen molar-refractivity contribution in [1.29, 1.82) is 0 Å². The van der Waals surface area contributed by atoms with E-state index in [0.29, 0.717) is 13.0 Å². The lowest BCUT2D eigenvalue weighted by molar-refractivity contribution is -0.135. The average molecular weight is 255 g/mol. The SMILES string of the molecule is CCN(C)C(=O)C(C)NC(=O)CC1(N)CCCC1. The van der Waals surface area contributed by atoms with Crippen LogP contribution in [0.4, 0.5) is 0 Å². The summed E-state index contributed by atoms with van der Waals surface area (Å²) in [5, 5.41) is 2.74. The van der Waals surface area contributed by atoms with Crippen molar-refractivity contribution in [3.05, 3.63) is 0 Å². The number of hydrogen-bond donors (Lipinski definition) is 2. The molecule has 0 heterocycles. The number of likely N-dealkylation sites (N-methyl/N-ethyl adjacent to an activating group) is 1. The zero-order valence-electron chi connectivity index (χ0n) is 11.7. The highest BCUT2D eigenvalue weighted by Crippen LogP contribution is 2.29.